The zero-order chi connectivity index (χ0) is 12.7. The number of hydrogen-bond acceptors (Lipinski definition) is 4. The van der Waals surface area contributed by atoms with E-state index in [0.29, 0.717) is 16.4 Å². The van der Waals surface area contributed by atoms with E-state index in [1.807, 2.05) is 38.2 Å². The average molecular weight is 257 g/mol. The molecule has 0 aliphatic rings. The fourth-order valence-corrected chi connectivity index (χ4v) is 1.85. The Kier molecular flexibility index (Phi) is 2.45. The van der Waals surface area contributed by atoms with Crippen molar-refractivity contribution < 1.29 is 0 Å². The molecule has 18 heavy (non-hydrogen) atoms. The maximum atomic E-state index is 5.26. The second-order valence-corrected chi connectivity index (χ2v) is 4.52. The van der Waals surface area contributed by atoms with Crippen LogP contribution in [0.3, 0.4) is 0 Å². The van der Waals surface area contributed by atoms with Gasteiger partial charge in [-0.25, -0.2) is 4.98 Å². The quantitative estimate of drug-likeness (QED) is 0.627. The summed E-state index contributed by atoms with van der Waals surface area (Å²) in [6.45, 7) is 2.05. The largest absolute Gasteiger partial charge is 0.311 e. The fourth-order valence-electron chi connectivity index (χ4n) is 1.68. The molecule has 0 unspecified atom stereocenters. The van der Waals surface area contributed by atoms with Crippen molar-refractivity contribution in [3.8, 4) is 11.4 Å². The van der Waals surface area contributed by atoms with Crippen LogP contribution in [0, 0.1) is 11.7 Å². The highest BCUT2D eigenvalue weighted by atomic mass is 32.1. The van der Waals surface area contributed by atoms with Gasteiger partial charge < -0.3 is 4.57 Å². The minimum Gasteiger partial charge on any atom is -0.311 e. The first-order chi connectivity index (χ1) is 8.65. The highest BCUT2D eigenvalue weighted by molar-refractivity contribution is 7.71. The molecule has 2 heterocycles. The maximum Gasteiger partial charge on any atom is 0.256 e. The summed E-state index contributed by atoms with van der Waals surface area (Å²) in [6, 6.07) is 8.05. The Hall–Kier alpha value is -2.08. The fraction of sp³-hybridized carbons (Fsp3) is 0.167. The molecule has 0 radical (unpaired) electrons. The van der Waals surface area contributed by atoms with Crippen LogP contribution >= 0.6 is 12.2 Å². The molecule has 0 spiro atoms. The van der Waals surface area contributed by atoms with Crippen LogP contribution in [0.15, 0.2) is 30.6 Å². The lowest BCUT2D eigenvalue weighted by Crippen LogP contribution is -2.02. The average Bonchev–Trinajstić information content (AvgIpc) is 2.80. The van der Waals surface area contributed by atoms with Crippen LogP contribution in [0.25, 0.3) is 17.2 Å². The molecule has 3 aromatic rings. The van der Waals surface area contributed by atoms with Crippen LogP contribution in [0.2, 0.25) is 0 Å². The molecule has 0 bridgehead atoms. The van der Waals surface area contributed by atoms with Crippen LogP contribution in [0.1, 0.15) is 5.56 Å². The molecule has 6 heteroatoms. The summed E-state index contributed by atoms with van der Waals surface area (Å²) >= 11 is 5.26. The third kappa shape index (κ3) is 1.70. The van der Waals surface area contributed by atoms with Gasteiger partial charge in [0.2, 0.25) is 4.77 Å². The standard InChI is InChI=1S/C12H11N5S/c1-8-3-5-9(6-4-8)10-14-11-13-7-16(2)12(18)17(11)15-10/h3-7H,1-2H3. The zero-order valence-electron chi connectivity index (χ0n) is 10.0. The summed E-state index contributed by atoms with van der Waals surface area (Å²) in [5.74, 6) is 1.16. The molecule has 0 amide bonds. The van der Waals surface area contributed by atoms with Crippen molar-refractivity contribution in [1.82, 2.24) is 24.1 Å². The van der Waals surface area contributed by atoms with Crippen molar-refractivity contribution in [3.05, 3.63) is 40.9 Å². The molecule has 0 N–H and O–H groups in total. The molecule has 0 saturated heterocycles. The van der Waals surface area contributed by atoms with E-state index in [-0.39, 0.29) is 0 Å². The van der Waals surface area contributed by atoms with Gasteiger partial charge in [-0.3, -0.25) is 0 Å². The lowest BCUT2D eigenvalue weighted by molar-refractivity contribution is 0.747. The monoisotopic (exact) mass is 257 g/mol. The van der Waals surface area contributed by atoms with Crippen molar-refractivity contribution in [2.45, 2.75) is 6.92 Å². The molecule has 0 saturated carbocycles. The third-order valence-electron chi connectivity index (χ3n) is 2.73. The predicted octanol–water partition coefficient (Wildman–Crippen LogP) is 2.17. The van der Waals surface area contributed by atoms with Gasteiger partial charge in [0, 0.05) is 12.6 Å². The van der Waals surface area contributed by atoms with Gasteiger partial charge in [0.05, 0.1) is 0 Å². The molecule has 2 aromatic heterocycles. The zero-order valence-corrected chi connectivity index (χ0v) is 10.8. The van der Waals surface area contributed by atoms with E-state index in [1.54, 1.807) is 15.4 Å². The molecular formula is C12H11N5S. The SMILES string of the molecule is Cc1ccc(-c2nc3ncn(C)c(=S)n3n2)cc1. The van der Waals surface area contributed by atoms with E-state index in [9.17, 15) is 0 Å². The normalized spacial score (nSPS) is 11.0. The lowest BCUT2D eigenvalue weighted by atomic mass is 10.1. The number of aryl methyl sites for hydroxylation is 2. The Balaban J connectivity index is 2.22. The number of rotatable bonds is 1. The second kappa shape index (κ2) is 3.99. The molecule has 90 valence electrons. The van der Waals surface area contributed by atoms with Gasteiger partial charge in [0.1, 0.15) is 6.33 Å². The van der Waals surface area contributed by atoms with E-state index in [0.717, 1.165) is 5.56 Å². The van der Waals surface area contributed by atoms with Crippen molar-refractivity contribution in [2.24, 2.45) is 7.05 Å². The van der Waals surface area contributed by atoms with Crippen LogP contribution in [0.5, 0.6) is 0 Å². The van der Waals surface area contributed by atoms with Crippen LogP contribution < -0.4 is 0 Å². The van der Waals surface area contributed by atoms with Crippen LogP contribution in [-0.4, -0.2) is 24.1 Å². The Bertz CT molecular complexity index is 769. The second-order valence-electron chi connectivity index (χ2n) is 4.15. The minimum absolute atomic E-state index is 0.522. The Labute approximate surface area is 109 Å². The summed E-state index contributed by atoms with van der Waals surface area (Å²) in [7, 11) is 1.84. The lowest BCUT2D eigenvalue weighted by Gasteiger charge is -1.96. The van der Waals surface area contributed by atoms with E-state index >= 15 is 0 Å². The highest BCUT2D eigenvalue weighted by Crippen LogP contribution is 2.16. The first kappa shape index (κ1) is 11.0. The maximum absolute atomic E-state index is 5.26. The summed E-state index contributed by atoms with van der Waals surface area (Å²) < 4.78 is 3.88. The number of hydrogen-bond donors (Lipinski definition) is 0. The molecule has 0 aliphatic heterocycles. The van der Waals surface area contributed by atoms with Gasteiger partial charge in [0.15, 0.2) is 5.82 Å². The molecule has 3 rings (SSSR count). The van der Waals surface area contributed by atoms with Crippen LogP contribution in [-0.2, 0) is 7.05 Å². The van der Waals surface area contributed by atoms with E-state index < -0.39 is 0 Å². The molecule has 1 aromatic carbocycles. The molecule has 0 fully saturated rings. The Morgan fingerprint density at radius 3 is 2.61 bits per heavy atom. The van der Waals surface area contributed by atoms with E-state index in [4.69, 9.17) is 12.2 Å². The first-order valence-electron chi connectivity index (χ1n) is 5.50. The third-order valence-corrected chi connectivity index (χ3v) is 3.19. The summed E-state index contributed by atoms with van der Waals surface area (Å²) in [5.41, 5.74) is 2.17. The highest BCUT2D eigenvalue weighted by Gasteiger charge is 2.08. The van der Waals surface area contributed by atoms with Gasteiger partial charge in [0.25, 0.3) is 5.78 Å². The topological polar surface area (TPSA) is 48.0 Å². The van der Waals surface area contributed by atoms with Gasteiger partial charge in [-0.2, -0.15) is 9.50 Å². The first-order valence-corrected chi connectivity index (χ1v) is 5.91. The van der Waals surface area contributed by atoms with Crippen LogP contribution in [0.4, 0.5) is 0 Å². The van der Waals surface area contributed by atoms with Crippen molar-refractivity contribution in [1.29, 1.82) is 0 Å². The number of nitrogens with zero attached hydrogens (tertiary/aromatic N) is 5. The number of fused-ring (bicyclic) bond motifs is 1. The van der Waals surface area contributed by atoms with Crippen molar-refractivity contribution in [2.75, 3.05) is 0 Å². The Morgan fingerprint density at radius 2 is 1.89 bits per heavy atom. The Morgan fingerprint density at radius 1 is 1.17 bits per heavy atom. The molecular weight excluding hydrogens is 246 g/mol. The minimum atomic E-state index is 0.522. The van der Waals surface area contributed by atoms with E-state index in [2.05, 4.69) is 15.1 Å². The molecule has 5 nitrogen and oxygen atoms in total. The van der Waals surface area contributed by atoms with Crippen molar-refractivity contribution >= 4 is 18.0 Å². The number of benzene rings is 1. The smallest absolute Gasteiger partial charge is 0.256 e. The van der Waals surface area contributed by atoms with Gasteiger partial charge in [-0.15, -0.1) is 5.10 Å². The summed E-state index contributed by atoms with van der Waals surface area (Å²) in [4.78, 5) is 8.57. The molecule has 0 aliphatic carbocycles. The van der Waals surface area contributed by atoms with Gasteiger partial charge >= 0.3 is 0 Å². The van der Waals surface area contributed by atoms with Crippen molar-refractivity contribution in [3.63, 3.8) is 0 Å². The van der Waals surface area contributed by atoms with Gasteiger partial charge in [-0.1, -0.05) is 29.8 Å². The summed E-state index contributed by atoms with van der Waals surface area (Å²) in [5, 5.41) is 4.39. The van der Waals surface area contributed by atoms with Gasteiger partial charge in [-0.05, 0) is 19.1 Å². The van der Waals surface area contributed by atoms with E-state index in [1.165, 1.54) is 5.56 Å². The summed E-state index contributed by atoms with van der Waals surface area (Å²) in [6.07, 6.45) is 1.64. The number of aromatic nitrogens is 5. The predicted molar refractivity (Wildman–Crippen MR) is 70.8 cm³/mol. The molecule has 0 atom stereocenters.